The van der Waals surface area contributed by atoms with Crippen molar-refractivity contribution in [2.45, 2.75) is 77.4 Å². The molecule has 0 amide bonds. The lowest BCUT2D eigenvalue weighted by atomic mass is 9.99. The second-order valence-corrected chi connectivity index (χ2v) is 21.0. The van der Waals surface area contributed by atoms with Crippen LogP contribution < -0.4 is 28.9 Å². The van der Waals surface area contributed by atoms with Gasteiger partial charge in [0.2, 0.25) is 23.7 Å². The average Bonchev–Trinajstić information content (AvgIpc) is 4.30. The third-order valence-corrected chi connectivity index (χ3v) is 15.2. The number of fused-ring (bicyclic) bond motifs is 3. The molecule has 30 heteroatoms. The van der Waals surface area contributed by atoms with Crippen molar-refractivity contribution < 1.29 is 53.7 Å². The van der Waals surface area contributed by atoms with Crippen molar-refractivity contribution in [2.24, 2.45) is 0 Å². The molecule has 0 aromatic carbocycles. The van der Waals surface area contributed by atoms with Crippen molar-refractivity contribution in [1.29, 1.82) is 0 Å². The molecule has 438 valence electrons. The number of ether oxygens (including phenoxy) is 3. The first kappa shape index (κ1) is 58.9. The highest BCUT2D eigenvalue weighted by Gasteiger charge is 2.31. The van der Waals surface area contributed by atoms with E-state index in [4.69, 9.17) is 14.2 Å². The number of aromatic nitrogens is 12. The van der Waals surface area contributed by atoms with E-state index in [0.29, 0.717) is 73.7 Å². The van der Waals surface area contributed by atoms with Crippen LogP contribution >= 0.6 is 34.0 Å². The van der Waals surface area contributed by atoms with Gasteiger partial charge < -0.3 is 28.9 Å². The molecule has 0 spiro atoms. The summed E-state index contributed by atoms with van der Waals surface area (Å²) in [6.07, 6.45) is -0.810. The normalized spacial score (nSPS) is 16.3. The molecule has 3 aliphatic heterocycles. The fourth-order valence-electron chi connectivity index (χ4n) is 9.54. The summed E-state index contributed by atoms with van der Waals surface area (Å²) in [5, 5.41) is 5.66. The first-order valence-electron chi connectivity index (χ1n) is 25.8. The standard InChI is InChI=1S/3C18H16F3N5OS/c1-10-12-6-22-18(14-8-28-9-23-14)24-13(12)2-3-26(10)17-5-11(4-16(21)25-17)27-7-15(19)20;1-10-12-6-22-18(14-8-28-9-23-14)24-13(12)2-3-26(10)11-4-16(21)25-17(5-11)27-7-15(19)20;1-10-12-6-22-18(14-8-28-9-23-14)24-13(12)2-3-26(10)16-4-11(19)5-17(25-16)27-7-15(20)21/h3*4-6,8-10,15H,2-3,7H2,1H3. The number of thiazole rings is 3. The third kappa shape index (κ3) is 14.2. The number of nitrogens with zero attached hydrogens (tertiary/aromatic N) is 15. The number of hydrogen-bond donors (Lipinski definition) is 0. The molecule has 12 heterocycles. The van der Waals surface area contributed by atoms with Gasteiger partial charge in [0, 0.05) is 132 Å². The van der Waals surface area contributed by atoms with Gasteiger partial charge in [0.25, 0.3) is 19.3 Å². The van der Waals surface area contributed by atoms with E-state index in [1.807, 2.05) is 51.6 Å². The van der Waals surface area contributed by atoms with E-state index < -0.39 is 56.8 Å². The molecule has 9 aromatic rings. The summed E-state index contributed by atoms with van der Waals surface area (Å²) in [7, 11) is 0. The van der Waals surface area contributed by atoms with Gasteiger partial charge in [0.15, 0.2) is 30.7 Å². The van der Waals surface area contributed by atoms with Crippen LogP contribution in [0.3, 0.4) is 0 Å². The van der Waals surface area contributed by atoms with E-state index in [2.05, 4.69) is 59.8 Å². The summed E-state index contributed by atoms with van der Waals surface area (Å²) in [5.41, 5.74) is 13.4. The minimum Gasteiger partial charge on any atom is -0.487 e. The molecule has 9 aromatic heterocycles. The second kappa shape index (κ2) is 26.5. The smallest absolute Gasteiger partial charge is 0.272 e. The van der Waals surface area contributed by atoms with Crippen LogP contribution in [-0.2, 0) is 19.3 Å². The van der Waals surface area contributed by atoms with E-state index in [9.17, 15) is 39.5 Å². The zero-order chi connectivity index (χ0) is 59.0. The van der Waals surface area contributed by atoms with Gasteiger partial charge in [0.05, 0.1) is 51.7 Å². The van der Waals surface area contributed by atoms with E-state index in [1.54, 1.807) is 35.1 Å². The van der Waals surface area contributed by atoms with Crippen LogP contribution in [0.2, 0.25) is 0 Å². The Hall–Kier alpha value is -8.25. The third-order valence-electron chi connectivity index (χ3n) is 13.5. The van der Waals surface area contributed by atoms with Gasteiger partial charge in [0.1, 0.15) is 46.9 Å². The van der Waals surface area contributed by atoms with Gasteiger partial charge in [-0.2, -0.15) is 18.7 Å². The van der Waals surface area contributed by atoms with Crippen molar-refractivity contribution >= 4 is 51.3 Å². The maximum Gasteiger partial charge on any atom is 0.272 e. The van der Waals surface area contributed by atoms with Crippen LogP contribution in [-0.4, -0.2) is 119 Å². The molecule has 0 aliphatic carbocycles. The Kier molecular flexibility index (Phi) is 18.6. The maximum atomic E-state index is 14.0. The summed E-state index contributed by atoms with van der Waals surface area (Å²) in [6.45, 7) is 5.06. The minimum atomic E-state index is -2.65. The molecule has 3 unspecified atom stereocenters. The summed E-state index contributed by atoms with van der Waals surface area (Å²) >= 11 is 4.43. The lowest BCUT2D eigenvalue weighted by Gasteiger charge is -2.36. The number of anilines is 3. The lowest BCUT2D eigenvalue weighted by Crippen LogP contribution is -2.35. The molecule has 0 saturated heterocycles. The van der Waals surface area contributed by atoms with E-state index in [1.165, 1.54) is 58.3 Å². The number of halogens is 9. The maximum absolute atomic E-state index is 14.0. The Bertz CT molecular complexity index is 3280. The topological polar surface area (TPSA) is 192 Å². The molecule has 0 N–H and O–H groups in total. The first-order valence-corrected chi connectivity index (χ1v) is 28.6. The molecule has 0 bridgehead atoms. The SMILES string of the molecule is CC1c2cnc(-c3cscn3)nc2CCN1c1cc(F)cc(OCC(F)F)n1.CC1c2cnc(-c3cscn3)nc2CCN1c1cc(F)nc(OCC(F)F)c1.CC1c2cnc(-c3cscn3)nc2CCN1c1cc(OCC(F)F)cc(F)n1. The monoisotopic (exact) mass is 1220 g/mol. The highest BCUT2D eigenvalue weighted by atomic mass is 32.1. The molecule has 18 nitrogen and oxygen atoms in total. The summed E-state index contributed by atoms with van der Waals surface area (Å²) < 4.78 is 131. The fraction of sp³-hybridized carbons (Fsp3) is 0.333. The fourth-order valence-corrected chi connectivity index (χ4v) is 11.1. The summed E-state index contributed by atoms with van der Waals surface area (Å²) in [5.74, 6) is -0.0790. The van der Waals surface area contributed by atoms with Gasteiger partial charge in [-0.25, -0.2) is 80.6 Å². The first-order chi connectivity index (χ1) is 40.5. The molecule has 3 aliphatic rings. The summed E-state index contributed by atoms with van der Waals surface area (Å²) in [4.78, 5) is 57.1. The predicted molar refractivity (Wildman–Crippen MR) is 295 cm³/mol. The molecule has 0 saturated carbocycles. The van der Waals surface area contributed by atoms with Crippen LogP contribution in [0.4, 0.5) is 56.8 Å². The van der Waals surface area contributed by atoms with Gasteiger partial charge in [-0.1, -0.05) is 0 Å². The van der Waals surface area contributed by atoms with E-state index >= 15 is 0 Å². The van der Waals surface area contributed by atoms with Crippen LogP contribution in [0.25, 0.3) is 34.6 Å². The predicted octanol–water partition coefficient (Wildman–Crippen LogP) is 11.7. The Morgan fingerprint density at radius 3 is 1.33 bits per heavy atom. The quantitative estimate of drug-likeness (QED) is 0.0694. The van der Waals surface area contributed by atoms with E-state index in [0.717, 1.165) is 63.0 Å². The number of pyridine rings is 3. The largest absolute Gasteiger partial charge is 0.487 e. The molecule has 84 heavy (non-hydrogen) atoms. The van der Waals surface area contributed by atoms with Crippen molar-refractivity contribution in [3.05, 3.63) is 139 Å². The van der Waals surface area contributed by atoms with Gasteiger partial charge in [-0.05, 0) is 20.8 Å². The Morgan fingerprint density at radius 2 is 0.881 bits per heavy atom. The zero-order valence-electron chi connectivity index (χ0n) is 44.5. The summed E-state index contributed by atoms with van der Waals surface area (Å²) in [6, 6.07) is 7.01. The highest BCUT2D eigenvalue weighted by molar-refractivity contribution is 7.08. The Morgan fingerprint density at radius 1 is 0.464 bits per heavy atom. The van der Waals surface area contributed by atoms with Crippen molar-refractivity contribution in [3.63, 3.8) is 0 Å². The number of rotatable bonds is 15. The molecular weight excluding hydrogens is 1170 g/mol. The van der Waals surface area contributed by atoms with Crippen molar-refractivity contribution in [3.8, 4) is 52.1 Å². The van der Waals surface area contributed by atoms with Crippen LogP contribution in [0.1, 0.15) is 72.7 Å². The Labute approximate surface area is 485 Å². The highest BCUT2D eigenvalue weighted by Crippen LogP contribution is 2.38. The second-order valence-electron chi connectivity index (χ2n) is 18.8. The average molecular weight is 1220 g/mol. The van der Waals surface area contributed by atoms with Gasteiger partial charge >= 0.3 is 0 Å². The van der Waals surface area contributed by atoms with Gasteiger partial charge in [-0.15, -0.1) is 34.0 Å². The van der Waals surface area contributed by atoms with Crippen LogP contribution in [0.15, 0.2) is 87.7 Å². The van der Waals surface area contributed by atoms with Crippen molar-refractivity contribution in [1.82, 2.24) is 59.8 Å². The molecule has 0 fully saturated rings. The zero-order valence-corrected chi connectivity index (χ0v) is 47.0. The minimum absolute atomic E-state index is 0.0240. The Balaban J connectivity index is 0.000000140. The molecular formula is C54H48F9N15O3S3. The van der Waals surface area contributed by atoms with Crippen molar-refractivity contribution in [2.75, 3.05) is 54.2 Å². The van der Waals surface area contributed by atoms with E-state index in [-0.39, 0.29) is 35.6 Å². The molecule has 12 rings (SSSR count). The lowest BCUT2D eigenvalue weighted by molar-refractivity contribution is 0.0790. The van der Waals surface area contributed by atoms with Crippen LogP contribution in [0.5, 0.6) is 17.5 Å². The number of alkyl halides is 6. The molecule has 0 radical (unpaired) electrons. The van der Waals surface area contributed by atoms with Gasteiger partial charge in [-0.3, -0.25) is 0 Å². The number of hydrogen-bond acceptors (Lipinski definition) is 21. The van der Waals surface area contributed by atoms with Crippen LogP contribution in [0, 0.1) is 17.7 Å². The molecule has 3 atom stereocenters.